The van der Waals surface area contributed by atoms with Gasteiger partial charge in [0, 0.05) is 11.7 Å². The number of nitrogen functional groups attached to an aromatic ring is 1. The molecule has 1 unspecified atom stereocenters. The average molecular weight is 222 g/mol. The second-order valence-corrected chi connectivity index (χ2v) is 4.53. The van der Waals surface area contributed by atoms with Crippen LogP contribution in [0, 0.1) is 6.92 Å². The summed E-state index contributed by atoms with van der Waals surface area (Å²) in [6.45, 7) is 5.17. The van der Waals surface area contributed by atoms with Crippen LogP contribution in [0.1, 0.15) is 19.0 Å². The van der Waals surface area contributed by atoms with E-state index in [0.29, 0.717) is 11.7 Å². The molecule has 1 heterocycles. The third kappa shape index (κ3) is 4.06. The summed E-state index contributed by atoms with van der Waals surface area (Å²) in [5, 5.41) is 3.34. The lowest BCUT2D eigenvalue weighted by Gasteiger charge is -2.18. The molecule has 0 saturated heterocycles. The van der Waals surface area contributed by atoms with E-state index in [0.717, 1.165) is 24.5 Å². The number of rotatable bonds is 5. The summed E-state index contributed by atoms with van der Waals surface area (Å²) < 4.78 is 0. The molecule has 0 aliphatic heterocycles. The first kappa shape index (κ1) is 12.8. The molecule has 90 valence electrons. The highest BCUT2D eigenvalue weighted by Crippen LogP contribution is 2.16. The zero-order valence-electron chi connectivity index (χ0n) is 10.6. The summed E-state index contributed by atoms with van der Waals surface area (Å²) in [5.74, 6) is 0.797. The Morgan fingerprint density at radius 1 is 1.44 bits per heavy atom. The Hall–Kier alpha value is -1.29. The Morgan fingerprint density at radius 3 is 2.75 bits per heavy atom. The topological polar surface area (TPSA) is 54.2 Å². The summed E-state index contributed by atoms with van der Waals surface area (Å²) in [6.07, 6.45) is 1.07. The van der Waals surface area contributed by atoms with Crippen LogP contribution in [0.2, 0.25) is 0 Å². The number of hydrogen-bond acceptors (Lipinski definition) is 4. The highest BCUT2D eigenvalue weighted by atomic mass is 15.1. The first-order valence-corrected chi connectivity index (χ1v) is 5.63. The lowest BCUT2D eigenvalue weighted by atomic mass is 10.2. The summed E-state index contributed by atoms with van der Waals surface area (Å²) in [5.41, 5.74) is 7.55. The van der Waals surface area contributed by atoms with E-state index in [4.69, 9.17) is 5.73 Å². The first-order chi connectivity index (χ1) is 7.49. The second kappa shape index (κ2) is 5.70. The fourth-order valence-electron chi connectivity index (χ4n) is 1.44. The number of nitrogens with one attached hydrogen (secondary N) is 1. The number of aryl methyl sites for hydroxylation is 1. The smallest absolute Gasteiger partial charge is 0.149 e. The SMILES string of the molecule is Cc1ccc(N)c(NC(C)CCN(C)C)n1. The molecule has 0 spiro atoms. The van der Waals surface area contributed by atoms with Gasteiger partial charge in [0.1, 0.15) is 5.82 Å². The van der Waals surface area contributed by atoms with Crippen molar-refractivity contribution in [2.45, 2.75) is 26.3 Å². The summed E-state index contributed by atoms with van der Waals surface area (Å²) in [7, 11) is 4.15. The van der Waals surface area contributed by atoms with Gasteiger partial charge in [-0.1, -0.05) is 0 Å². The van der Waals surface area contributed by atoms with Gasteiger partial charge in [-0.25, -0.2) is 4.98 Å². The van der Waals surface area contributed by atoms with Crippen molar-refractivity contribution in [3.63, 3.8) is 0 Å². The molecule has 0 aliphatic rings. The maximum atomic E-state index is 5.86. The highest BCUT2D eigenvalue weighted by molar-refractivity contribution is 5.61. The number of nitrogens with two attached hydrogens (primary N) is 1. The van der Waals surface area contributed by atoms with E-state index < -0.39 is 0 Å². The van der Waals surface area contributed by atoms with Crippen molar-refractivity contribution in [2.24, 2.45) is 0 Å². The summed E-state index contributed by atoms with van der Waals surface area (Å²) in [6, 6.07) is 4.19. The van der Waals surface area contributed by atoms with E-state index in [1.165, 1.54) is 0 Å². The van der Waals surface area contributed by atoms with E-state index in [-0.39, 0.29) is 0 Å². The van der Waals surface area contributed by atoms with Crippen molar-refractivity contribution in [2.75, 3.05) is 31.7 Å². The number of nitrogens with zero attached hydrogens (tertiary/aromatic N) is 2. The van der Waals surface area contributed by atoms with Crippen LogP contribution in [-0.2, 0) is 0 Å². The summed E-state index contributed by atoms with van der Waals surface area (Å²) >= 11 is 0. The maximum absolute atomic E-state index is 5.86. The molecule has 3 N–H and O–H groups in total. The predicted molar refractivity (Wildman–Crippen MR) is 69.6 cm³/mol. The van der Waals surface area contributed by atoms with Gasteiger partial charge in [-0.05, 0) is 53.0 Å². The van der Waals surface area contributed by atoms with Crippen molar-refractivity contribution in [1.29, 1.82) is 0 Å². The first-order valence-electron chi connectivity index (χ1n) is 5.63. The molecule has 1 aromatic rings. The molecular weight excluding hydrogens is 200 g/mol. The fourth-order valence-corrected chi connectivity index (χ4v) is 1.44. The molecule has 0 radical (unpaired) electrons. The van der Waals surface area contributed by atoms with E-state index >= 15 is 0 Å². The normalized spacial score (nSPS) is 12.8. The third-order valence-electron chi connectivity index (χ3n) is 2.46. The molecule has 0 saturated carbocycles. The number of hydrogen-bond donors (Lipinski definition) is 2. The van der Waals surface area contributed by atoms with Gasteiger partial charge >= 0.3 is 0 Å². The van der Waals surface area contributed by atoms with Crippen LogP contribution in [0.4, 0.5) is 11.5 Å². The quantitative estimate of drug-likeness (QED) is 0.796. The van der Waals surface area contributed by atoms with Crippen LogP contribution >= 0.6 is 0 Å². The molecule has 0 amide bonds. The largest absolute Gasteiger partial charge is 0.396 e. The van der Waals surface area contributed by atoms with Crippen LogP contribution in [0.5, 0.6) is 0 Å². The molecule has 4 nitrogen and oxygen atoms in total. The van der Waals surface area contributed by atoms with Crippen LogP contribution in [0.15, 0.2) is 12.1 Å². The van der Waals surface area contributed by atoms with Crippen molar-refractivity contribution in [3.05, 3.63) is 17.8 Å². The van der Waals surface area contributed by atoms with E-state index in [1.807, 2.05) is 19.1 Å². The standard InChI is InChI=1S/C12H22N4/c1-9-5-6-11(13)12(14-9)15-10(2)7-8-16(3)4/h5-6,10H,7-8,13H2,1-4H3,(H,14,15). The average Bonchev–Trinajstić information content (AvgIpc) is 2.20. The van der Waals surface area contributed by atoms with E-state index in [2.05, 4.69) is 36.2 Å². The molecular formula is C12H22N4. The monoisotopic (exact) mass is 222 g/mol. The zero-order valence-corrected chi connectivity index (χ0v) is 10.6. The molecule has 0 aromatic carbocycles. The second-order valence-electron chi connectivity index (χ2n) is 4.53. The minimum atomic E-state index is 0.374. The van der Waals surface area contributed by atoms with Gasteiger partial charge in [0.2, 0.25) is 0 Å². The van der Waals surface area contributed by atoms with Gasteiger partial charge in [0.25, 0.3) is 0 Å². The lowest BCUT2D eigenvalue weighted by molar-refractivity contribution is 0.390. The van der Waals surface area contributed by atoms with Gasteiger partial charge in [-0.15, -0.1) is 0 Å². The minimum absolute atomic E-state index is 0.374. The van der Waals surface area contributed by atoms with Gasteiger partial charge in [0.15, 0.2) is 0 Å². The molecule has 0 aliphatic carbocycles. The van der Waals surface area contributed by atoms with Crippen LogP contribution in [0.25, 0.3) is 0 Å². The van der Waals surface area contributed by atoms with Crippen LogP contribution in [-0.4, -0.2) is 36.6 Å². The van der Waals surface area contributed by atoms with Gasteiger partial charge in [-0.3, -0.25) is 0 Å². The Balaban J connectivity index is 2.55. The van der Waals surface area contributed by atoms with Crippen LogP contribution < -0.4 is 11.1 Å². The number of anilines is 2. The molecule has 1 aromatic heterocycles. The third-order valence-corrected chi connectivity index (χ3v) is 2.46. The lowest BCUT2D eigenvalue weighted by Crippen LogP contribution is -2.23. The number of aromatic nitrogens is 1. The Morgan fingerprint density at radius 2 is 2.12 bits per heavy atom. The molecule has 0 bridgehead atoms. The summed E-state index contributed by atoms with van der Waals surface area (Å²) in [4.78, 5) is 6.56. The number of pyridine rings is 1. The highest BCUT2D eigenvalue weighted by Gasteiger charge is 2.06. The molecule has 0 fully saturated rings. The fraction of sp³-hybridized carbons (Fsp3) is 0.583. The van der Waals surface area contributed by atoms with E-state index in [1.54, 1.807) is 0 Å². The van der Waals surface area contributed by atoms with Crippen molar-refractivity contribution >= 4 is 11.5 Å². The van der Waals surface area contributed by atoms with Gasteiger partial charge in [-0.2, -0.15) is 0 Å². The van der Waals surface area contributed by atoms with Crippen LogP contribution in [0.3, 0.4) is 0 Å². The Kier molecular flexibility index (Phi) is 4.55. The Bertz CT molecular complexity index is 336. The molecule has 1 atom stereocenters. The predicted octanol–water partition coefficient (Wildman–Crippen LogP) is 1.72. The molecule has 4 heteroatoms. The van der Waals surface area contributed by atoms with Crippen molar-refractivity contribution in [1.82, 2.24) is 9.88 Å². The Labute approximate surface area is 97.9 Å². The van der Waals surface area contributed by atoms with Gasteiger partial charge < -0.3 is 16.0 Å². The zero-order chi connectivity index (χ0) is 12.1. The minimum Gasteiger partial charge on any atom is -0.396 e. The maximum Gasteiger partial charge on any atom is 0.149 e. The van der Waals surface area contributed by atoms with Gasteiger partial charge in [0.05, 0.1) is 5.69 Å². The molecule has 1 rings (SSSR count). The van der Waals surface area contributed by atoms with Crippen molar-refractivity contribution in [3.8, 4) is 0 Å². The molecule has 16 heavy (non-hydrogen) atoms. The van der Waals surface area contributed by atoms with Crippen molar-refractivity contribution < 1.29 is 0 Å². The van der Waals surface area contributed by atoms with E-state index in [9.17, 15) is 0 Å².